The summed E-state index contributed by atoms with van der Waals surface area (Å²) in [4.78, 5) is 4.30. The Kier molecular flexibility index (Phi) is 2.64. The van der Waals surface area contributed by atoms with Crippen molar-refractivity contribution in [3.05, 3.63) is 17.8 Å². The van der Waals surface area contributed by atoms with E-state index in [0.717, 1.165) is 24.6 Å². The lowest BCUT2D eigenvalue weighted by Gasteiger charge is -2.21. The number of nitrogens with zero attached hydrogens (tertiary/aromatic N) is 1. The normalized spacial score (nSPS) is 23.3. The standard InChI is InChI=1S/C10H16N2O/c1-8-7-13-10(12-8)6-9-4-2-3-5-11-9/h7,9,11H,2-6H2,1H3. The van der Waals surface area contributed by atoms with Crippen LogP contribution in [0.25, 0.3) is 0 Å². The quantitative estimate of drug-likeness (QED) is 0.752. The first-order valence-corrected chi connectivity index (χ1v) is 4.99. The van der Waals surface area contributed by atoms with Crippen molar-refractivity contribution in [1.82, 2.24) is 10.3 Å². The molecule has 13 heavy (non-hydrogen) atoms. The van der Waals surface area contributed by atoms with Crippen LogP contribution >= 0.6 is 0 Å². The fourth-order valence-electron chi connectivity index (χ4n) is 1.81. The summed E-state index contributed by atoms with van der Waals surface area (Å²) in [5.74, 6) is 0.872. The first-order valence-electron chi connectivity index (χ1n) is 4.99. The zero-order valence-corrected chi connectivity index (χ0v) is 8.05. The number of hydrogen-bond acceptors (Lipinski definition) is 3. The van der Waals surface area contributed by atoms with Gasteiger partial charge in [0.2, 0.25) is 0 Å². The summed E-state index contributed by atoms with van der Waals surface area (Å²) in [5, 5.41) is 3.48. The van der Waals surface area contributed by atoms with Crippen molar-refractivity contribution in [2.75, 3.05) is 6.54 Å². The average molecular weight is 180 g/mol. The molecule has 1 aliphatic heterocycles. The number of aromatic nitrogens is 1. The van der Waals surface area contributed by atoms with Crippen molar-refractivity contribution in [3.63, 3.8) is 0 Å². The number of rotatable bonds is 2. The minimum absolute atomic E-state index is 0.576. The Labute approximate surface area is 78.5 Å². The van der Waals surface area contributed by atoms with Crippen molar-refractivity contribution >= 4 is 0 Å². The molecule has 1 fully saturated rings. The highest BCUT2D eigenvalue weighted by Gasteiger charge is 2.15. The predicted molar refractivity (Wildman–Crippen MR) is 50.6 cm³/mol. The van der Waals surface area contributed by atoms with Crippen LogP contribution in [0.4, 0.5) is 0 Å². The van der Waals surface area contributed by atoms with Crippen molar-refractivity contribution in [2.24, 2.45) is 0 Å². The summed E-state index contributed by atoms with van der Waals surface area (Å²) in [6, 6.07) is 0.576. The lowest BCUT2D eigenvalue weighted by molar-refractivity contribution is 0.367. The van der Waals surface area contributed by atoms with E-state index in [4.69, 9.17) is 4.42 Å². The predicted octanol–water partition coefficient (Wildman–Crippen LogP) is 1.67. The molecule has 1 aliphatic rings. The van der Waals surface area contributed by atoms with Gasteiger partial charge >= 0.3 is 0 Å². The Morgan fingerprint density at radius 2 is 2.54 bits per heavy atom. The molecule has 0 aliphatic carbocycles. The van der Waals surface area contributed by atoms with Gasteiger partial charge in [0.25, 0.3) is 0 Å². The maximum Gasteiger partial charge on any atom is 0.195 e. The van der Waals surface area contributed by atoms with E-state index in [1.165, 1.54) is 19.3 Å². The third-order valence-corrected chi connectivity index (χ3v) is 2.50. The summed E-state index contributed by atoms with van der Waals surface area (Å²) < 4.78 is 5.32. The molecule has 1 aromatic rings. The molecule has 0 saturated carbocycles. The van der Waals surface area contributed by atoms with Gasteiger partial charge in [-0.25, -0.2) is 4.98 Å². The van der Waals surface area contributed by atoms with Crippen LogP contribution in [-0.2, 0) is 6.42 Å². The molecular formula is C10H16N2O. The molecule has 2 heterocycles. The van der Waals surface area contributed by atoms with E-state index >= 15 is 0 Å². The van der Waals surface area contributed by atoms with Crippen LogP contribution < -0.4 is 5.32 Å². The highest BCUT2D eigenvalue weighted by atomic mass is 16.3. The molecular weight excluding hydrogens is 164 g/mol. The van der Waals surface area contributed by atoms with E-state index in [0.29, 0.717) is 6.04 Å². The van der Waals surface area contributed by atoms with Gasteiger partial charge in [0.05, 0.1) is 5.69 Å². The van der Waals surface area contributed by atoms with E-state index in [1.807, 2.05) is 6.92 Å². The fourth-order valence-corrected chi connectivity index (χ4v) is 1.81. The molecule has 72 valence electrons. The second-order valence-electron chi connectivity index (χ2n) is 3.73. The van der Waals surface area contributed by atoms with Crippen LogP contribution in [0, 0.1) is 6.92 Å². The van der Waals surface area contributed by atoms with Crippen LogP contribution in [0.3, 0.4) is 0 Å². The summed E-state index contributed by atoms with van der Waals surface area (Å²) in [6.07, 6.45) is 6.55. The maximum absolute atomic E-state index is 5.32. The zero-order chi connectivity index (χ0) is 9.10. The molecule has 2 rings (SSSR count). The van der Waals surface area contributed by atoms with Crippen LogP contribution in [0.2, 0.25) is 0 Å². The lowest BCUT2D eigenvalue weighted by Crippen LogP contribution is -2.35. The van der Waals surface area contributed by atoms with Gasteiger partial charge in [0.1, 0.15) is 6.26 Å². The van der Waals surface area contributed by atoms with Crippen molar-refractivity contribution < 1.29 is 4.42 Å². The Hall–Kier alpha value is -0.830. The SMILES string of the molecule is Cc1coc(CC2CCCCN2)n1. The average Bonchev–Trinajstić information content (AvgIpc) is 2.53. The van der Waals surface area contributed by atoms with Crippen molar-refractivity contribution in [1.29, 1.82) is 0 Å². The van der Waals surface area contributed by atoms with Crippen molar-refractivity contribution in [3.8, 4) is 0 Å². The van der Waals surface area contributed by atoms with Gasteiger partial charge in [0.15, 0.2) is 5.89 Å². The number of hydrogen-bond donors (Lipinski definition) is 1. The van der Waals surface area contributed by atoms with E-state index in [1.54, 1.807) is 6.26 Å². The van der Waals surface area contributed by atoms with Gasteiger partial charge in [0, 0.05) is 12.5 Å². The van der Waals surface area contributed by atoms with Gasteiger partial charge in [-0.15, -0.1) is 0 Å². The monoisotopic (exact) mass is 180 g/mol. The van der Waals surface area contributed by atoms with E-state index in [2.05, 4.69) is 10.3 Å². The first kappa shape index (κ1) is 8.75. The second kappa shape index (κ2) is 3.92. The number of aryl methyl sites for hydroxylation is 1. The van der Waals surface area contributed by atoms with E-state index in [9.17, 15) is 0 Å². The molecule has 3 heteroatoms. The summed E-state index contributed by atoms with van der Waals surface area (Å²) in [5.41, 5.74) is 0.978. The van der Waals surface area contributed by atoms with Crippen LogP contribution in [0.5, 0.6) is 0 Å². The van der Waals surface area contributed by atoms with Gasteiger partial charge in [-0.1, -0.05) is 6.42 Å². The van der Waals surface area contributed by atoms with Gasteiger partial charge in [-0.3, -0.25) is 0 Å². The molecule has 3 nitrogen and oxygen atoms in total. The Bertz CT molecular complexity index is 264. The molecule has 0 radical (unpaired) electrons. The summed E-state index contributed by atoms with van der Waals surface area (Å²) in [7, 11) is 0. The van der Waals surface area contributed by atoms with E-state index in [-0.39, 0.29) is 0 Å². The summed E-state index contributed by atoms with van der Waals surface area (Å²) >= 11 is 0. The van der Waals surface area contributed by atoms with Crippen LogP contribution in [0.15, 0.2) is 10.7 Å². The van der Waals surface area contributed by atoms with Gasteiger partial charge in [-0.2, -0.15) is 0 Å². The smallest absolute Gasteiger partial charge is 0.195 e. The topological polar surface area (TPSA) is 38.1 Å². The molecule has 0 aromatic carbocycles. The molecule has 0 bridgehead atoms. The minimum Gasteiger partial charge on any atom is -0.449 e. The maximum atomic E-state index is 5.32. The molecule has 1 aromatic heterocycles. The van der Waals surface area contributed by atoms with Crippen LogP contribution in [-0.4, -0.2) is 17.6 Å². The van der Waals surface area contributed by atoms with Gasteiger partial charge in [-0.05, 0) is 26.3 Å². The third kappa shape index (κ3) is 2.31. The second-order valence-corrected chi connectivity index (χ2v) is 3.73. The zero-order valence-electron chi connectivity index (χ0n) is 8.05. The molecule has 0 spiro atoms. The number of piperidine rings is 1. The first-order chi connectivity index (χ1) is 6.34. The van der Waals surface area contributed by atoms with Crippen LogP contribution in [0.1, 0.15) is 30.8 Å². The minimum atomic E-state index is 0.576. The largest absolute Gasteiger partial charge is 0.449 e. The van der Waals surface area contributed by atoms with Crippen molar-refractivity contribution in [2.45, 2.75) is 38.6 Å². The van der Waals surface area contributed by atoms with Gasteiger partial charge < -0.3 is 9.73 Å². The number of oxazole rings is 1. The highest BCUT2D eigenvalue weighted by molar-refractivity contribution is 4.95. The fraction of sp³-hybridized carbons (Fsp3) is 0.700. The molecule has 1 saturated heterocycles. The molecule has 1 atom stereocenters. The lowest BCUT2D eigenvalue weighted by atomic mass is 10.0. The number of nitrogens with one attached hydrogen (secondary N) is 1. The Morgan fingerprint density at radius 1 is 1.62 bits per heavy atom. The Balaban J connectivity index is 1.89. The van der Waals surface area contributed by atoms with E-state index < -0.39 is 0 Å². The molecule has 0 amide bonds. The molecule has 1 N–H and O–H groups in total. The Morgan fingerprint density at radius 3 is 3.15 bits per heavy atom. The molecule has 1 unspecified atom stereocenters. The third-order valence-electron chi connectivity index (χ3n) is 2.50. The summed E-state index contributed by atoms with van der Waals surface area (Å²) in [6.45, 7) is 3.10. The highest BCUT2D eigenvalue weighted by Crippen LogP contribution is 2.12.